The van der Waals surface area contributed by atoms with Crippen LogP contribution in [0.1, 0.15) is 5.56 Å². The van der Waals surface area contributed by atoms with Crippen LogP contribution in [0.3, 0.4) is 0 Å². The molecular formula is C22H17N. The summed E-state index contributed by atoms with van der Waals surface area (Å²) in [6.45, 7) is 1.05. The Morgan fingerprint density at radius 1 is 0.696 bits per heavy atom. The minimum absolute atomic E-state index is 1.05. The molecule has 1 aliphatic heterocycles. The molecule has 5 rings (SSSR count). The number of benzene rings is 4. The van der Waals surface area contributed by atoms with Crippen LogP contribution >= 0.6 is 0 Å². The number of rotatable bonds is 1. The van der Waals surface area contributed by atoms with E-state index < -0.39 is 0 Å². The Morgan fingerprint density at radius 2 is 1.39 bits per heavy atom. The Hall–Kier alpha value is -2.80. The molecule has 1 heterocycles. The van der Waals surface area contributed by atoms with Crippen molar-refractivity contribution in [1.82, 2.24) is 0 Å². The maximum atomic E-state index is 3.45. The van der Waals surface area contributed by atoms with E-state index in [0.717, 1.165) is 13.0 Å². The zero-order valence-electron chi connectivity index (χ0n) is 12.8. The summed E-state index contributed by atoms with van der Waals surface area (Å²) in [6, 6.07) is 26.5. The predicted molar refractivity (Wildman–Crippen MR) is 99.1 cm³/mol. The molecule has 4 aromatic carbocycles. The van der Waals surface area contributed by atoms with Crippen molar-refractivity contribution >= 4 is 27.2 Å². The maximum absolute atomic E-state index is 3.45. The second-order valence-corrected chi connectivity index (χ2v) is 6.24. The van der Waals surface area contributed by atoms with E-state index in [-0.39, 0.29) is 0 Å². The quantitative estimate of drug-likeness (QED) is 0.449. The van der Waals surface area contributed by atoms with E-state index in [0.29, 0.717) is 0 Å². The Balaban J connectivity index is 1.91. The molecule has 0 bridgehead atoms. The van der Waals surface area contributed by atoms with Gasteiger partial charge >= 0.3 is 0 Å². The summed E-state index contributed by atoms with van der Waals surface area (Å²) in [4.78, 5) is 0. The monoisotopic (exact) mass is 295 g/mol. The van der Waals surface area contributed by atoms with Gasteiger partial charge in [0.15, 0.2) is 0 Å². The summed E-state index contributed by atoms with van der Waals surface area (Å²) in [5, 5.41) is 8.73. The van der Waals surface area contributed by atoms with Crippen molar-refractivity contribution < 1.29 is 0 Å². The fourth-order valence-electron chi connectivity index (χ4n) is 3.79. The molecule has 0 atom stereocenters. The minimum atomic E-state index is 1.05. The van der Waals surface area contributed by atoms with Gasteiger partial charge in [0.2, 0.25) is 0 Å². The largest absolute Gasteiger partial charge is 0.384 e. The molecule has 1 heteroatoms. The third-order valence-corrected chi connectivity index (χ3v) is 4.87. The second-order valence-electron chi connectivity index (χ2n) is 6.24. The van der Waals surface area contributed by atoms with Gasteiger partial charge < -0.3 is 5.32 Å². The van der Waals surface area contributed by atoms with Crippen LogP contribution in [0, 0.1) is 0 Å². The van der Waals surface area contributed by atoms with Gasteiger partial charge in [0.25, 0.3) is 0 Å². The minimum Gasteiger partial charge on any atom is -0.384 e. The van der Waals surface area contributed by atoms with E-state index in [1.165, 1.54) is 43.9 Å². The highest BCUT2D eigenvalue weighted by Gasteiger charge is 2.14. The van der Waals surface area contributed by atoms with Crippen molar-refractivity contribution in [2.24, 2.45) is 0 Å². The molecule has 0 radical (unpaired) electrons. The lowest BCUT2D eigenvalue weighted by Crippen LogP contribution is -1.90. The number of anilines is 1. The van der Waals surface area contributed by atoms with Crippen molar-refractivity contribution in [3.63, 3.8) is 0 Å². The molecule has 0 amide bonds. The topological polar surface area (TPSA) is 12.0 Å². The van der Waals surface area contributed by atoms with Gasteiger partial charge in [0, 0.05) is 12.2 Å². The van der Waals surface area contributed by atoms with E-state index in [1.807, 2.05) is 0 Å². The van der Waals surface area contributed by atoms with Crippen molar-refractivity contribution in [1.29, 1.82) is 0 Å². The van der Waals surface area contributed by atoms with E-state index >= 15 is 0 Å². The zero-order valence-corrected chi connectivity index (χ0v) is 12.8. The first-order chi connectivity index (χ1) is 11.4. The van der Waals surface area contributed by atoms with Crippen LogP contribution in [0.25, 0.3) is 32.7 Å². The lowest BCUT2D eigenvalue weighted by molar-refractivity contribution is 1.11. The van der Waals surface area contributed by atoms with Gasteiger partial charge in [0.1, 0.15) is 0 Å². The van der Waals surface area contributed by atoms with E-state index in [1.54, 1.807) is 0 Å². The first-order valence-electron chi connectivity index (χ1n) is 8.18. The molecule has 0 aliphatic carbocycles. The zero-order chi connectivity index (χ0) is 15.2. The Bertz CT molecular complexity index is 992. The van der Waals surface area contributed by atoms with Crippen molar-refractivity contribution in [2.75, 3.05) is 11.9 Å². The summed E-state index contributed by atoms with van der Waals surface area (Å²) >= 11 is 0. The molecule has 0 fully saturated rings. The lowest BCUT2D eigenvalue weighted by atomic mass is 9.91. The van der Waals surface area contributed by atoms with Crippen LogP contribution in [-0.2, 0) is 6.42 Å². The molecule has 110 valence electrons. The third kappa shape index (κ3) is 1.93. The molecule has 1 nitrogen and oxygen atoms in total. The van der Waals surface area contributed by atoms with Gasteiger partial charge in [-0.2, -0.15) is 0 Å². The number of fused-ring (bicyclic) bond motifs is 3. The van der Waals surface area contributed by atoms with Crippen LogP contribution in [0.4, 0.5) is 5.69 Å². The standard InChI is InChI=1S/C22H17N/c1-3-7-19-15(5-1)13-16-6-2-4-8-20(16)22(19)18-9-10-21-17(14-18)11-12-23-21/h1-10,13-14,23H,11-12H2. The average molecular weight is 295 g/mol. The Kier molecular flexibility index (Phi) is 2.68. The van der Waals surface area contributed by atoms with Crippen LogP contribution < -0.4 is 5.32 Å². The van der Waals surface area contributed by atoms with Gasteiger partial charge in [-0.05, 0) is 62.9 Å². The third-order valence-electron chi connectivity index (χ3n) is 4.87. The van der Waals surface area contributed by atoms with Crippen LogP contribution in [0.2, 0.25) is 0 Å². The van der Waals surface area contributed by atoms with Crippen molar-refractivity contribution in [2.45, 2.75) is 6.42 Å². The smallest absolute Gasteiger partial charge is 0.0373 e. The summed E-state index contributed by atoms with van der Waals surface area (Å²) in [7, 11) is 0. The van der Waals surface area contributed by atoms with E-state index in [4.69, 9.17) is 0 Å². The van der Waals surface area contributed by atoms with E-state index in [2.05, 4.69) is 78.1 Å². The molecule has 0 saturated heterocycles. The number of hydrogen-bond donors (Lipinski definition) is 1. The van der Waals surface area contributed by atoms with Gasteiger partial charge in [0.05, 0.1) is 0 Å². The Morgan fingerprint density at radius 3 is 2.13 bits per heavy atom. The fourth-order valence-corrected chi connectivity index (χ4v) is 3.79. The molecule has 0 spiro atoms. The number of nitrogens with one attached hydrogen (secondary N) is 1. The molecule has 23 heavy (non-hydrogen) atoms. The Labute approximate surface area is 135 Å². The van der Waals surface area contributed by atoms with E-state index in [9.17, 15) is 0 Å². The van der Waals surface area contributed by atoms with Crippen LogP contribution in [-0.4, -0.2) is 6.54 Å². The highest BCUT2D eigenvalue weighted by molar-refractivity contribution is 6.12. The van der Waals surface area contributed by atoms with Crippen molar-refractivity contribution in [3.05, 3.63) is 78.4 Å². The lowest BCUT2D eigenvalue weighted by Gasteiger charge is -2.13. The molecule has 1 N–H and O–H groups in total. The SMILES string of the molecule is c1ccc2c(-c3ccc4c(c3)CCN4)c3ccccc3cc2c1. The molecule has 4 aromatic rings. The fraction of sp³-hybridized carbons (Fsp3) is 0.0909. The van der Waals surface area contributed by atoms with Gasteiger partial charge in [-0.25, -0.2) is 0 Å². The molecule has 1 aliphatic rings. The summed E-state index contributed by atoms with van der Waals surface area (Å²) in [6.07, 6.45) is 1.12. The molecular weight excluding hydrogens is 278 g/mol. The molecule has 0 unspecified atom stereocenters. The molecule has 0 aromatic heterocycles. The predicted octanol–water partition coefficient (Wildman–Crippen LogP) is 5.63. The molecule has 0 saturated carbocycles. The number of hydrogen-bond acceptors (Lipinski definition) is 1. The normalized spacial score (nSPS) is 13.2. The summed E-state index contributed by atoms with van der Waals surface area (Å²) in [5.41, 5.74) is 5.40. The highest BCUT2D eigenvalue weighted by Crippen LogP contribution is 2.38. The van der Waals surface area contributed by atoms with Gasteiger partial charge in [-0.3, -0.25) is 0 Å². The maximum Gasteiger partial charge on any atom is 0.0373 e. The summed E-state index contributed by atoms with van der Waals surface area (Å²) in [5.74, 6) is 0. The van der Waals surface area contributed by atoms with Gasteiger partial charge in [-0.1, -0.05) is 54.6 Å². The highest BCUT2D eigenvalue weighted by atomic mass is 14.9. The van der Waals surface area contributed by atoms with Crippen molar-refractivity contribution in [3.8, 4) is 11.1 Å². The van der Waals surface area contributed by atoms with Crippen LogP contribution in [0.5, 0.6) is 0 Å². The second kappa shape index (κ2) is 4.85. The summed E-state index contributed by atoms with van der Waals surface area (Å²) < 4.78 is 0. The first-order valence-corrected chi connectivity index (χ1v) is 8.18. The van der Waals surface area contributed by atoms with Gasteiger partial charge in [-0.15, -0.1) is 0 Å². The van der Waals surface area contributed by atoms with Crippen LogP contribution in [0.15, 0.2) is 72.8 Å². The average Bonchev–Trinajstić information content (AvgIpc) is 3.07. The first kappa shape index (κ1) is 12.7.